The summed E-state index contributed by atoms with van der Waals surface area (Å²) in [5, 5.41) is 8.79. The predicted octanol–water partition coefficient (Wildman–Crippen LogP) is 2.98. The largest absolute Gasteiger partial charge is 0.248 e. The van der Waals surface area contributed by atoms with E-state index in [0.29, 0.717) is 0 Å². The normalized spacial score (nSPS) is 10.5. The molecule has 0 unspecified atom stereocenters. The minimum Gasteiger partial charge on any atom is -0.248 e. The Morgan fingerprint density at radius 1 is 1.27 bits per heavy atom. The van der Waals surface area contributed by atoms with Crippen LogP contribution in [-0.4, -0.2) is 15.0 Å². The highest BCUT2D eigenvalue weighted by Crippen LogP contribution is 2.16. The van der Waals surface area contributed by atoms with E-state index in [1.807, 2.05) is 29.1 Å². The van der Waals surface area contributed by atoms with Gasteiger partial charge in [-0.05, 0) is 11.6 Å². The van der Waals surface area contributed by atoms with Crippen LogP contribution in [0.5, 0.6) is 0 Å². The molecule has 2 rings (SSSR count). The molecule has 0 saturated heterocycles. The van der Waals surface area contributed by atoms with Crippen molar-refractivity contribution in [1.29, 1.82) is 0 Å². The Morgan fingerprint density at radius 3 is 2.73 bits per heavy atom. The smallest absolute Gasteiger partial charge is 0.0932 e. The number of aromatic nitrogens is 3. The summed E-state index contributed by atoms with van der Waals surface area (Å²) in [6.07, 6.45) is 1.94. The molecule has 0 aliphatic rings. The van der Waals surface area contributed by atoms with Gasteiger partial charge in [0, 0.05) is 16.0 Å². The van der Waals surface area contributed by atoms with Gasteiger partial charge in [-0.2, -0.15) is 0 Å². The summed E-state index contributed by atoms with van der Waals surface area (Å²) in [6.45, 7) is 0.738. The maximum absolute atomic E-state index is 4.04. The van der Waals surface area contributed by atoms with Crippen molar-refractivity contribution < 1.29 is 0 Å². The predicted molar refractivity (Wildman–Crippen MR) is 65.9 cm³/mol. The van der Waals surface area contributed by atoms with Crippen LogP contribution in [0, 0.1) is 0 Å². The third-order valence-electron chi connectivity index (χ3n) is 2.01. The van der Waals surface area contributed by atoms with Crippen LogP contribution in [0.3, 0.4) is 0 Å². The van der Waals surface area contributed by atoms with Crippen molar-refractivity contribution in [3.8, 4) is 0 Å². The Morgan fingerprint density at radius 2 is 2.07 bits per heavy atom. The van der Waals surface area contributed by atoms with E-state index in [-0.39, 0.29) is 0 Å². The van der Waals surface area contributed by atoms with Crippen molar-refractivity contribution in [3.63, 3.8) is 0 Å². The monoisotopic (exact) mass is 329 g/mol. The van der Waals surface area contributed by atoms with Crippen molar-refractivity contribution in [2.45, 2.75) is 11.9 Å². The van der Waals surface area contributed by atoms with Gasteiger partial charge in [0.25, 0.3) is 0 Å². The minimum atomic E-state index is 0.738. The van der Waals surface area contributed by atoms with Gasteiger partial charge in [-0.15, -0.1) is 5.10 Å². The second-order valence-electron chi connectivity index (χ2n) is 3.13. The number of nitrogens with zero attached hydrogens (tertiary/aromatic N) is 3. The zero-order chi connectivity index (χ0) is 10.7. The van der Waals surface area contributed by atoms with Gasteiger partial charge in [0.05, 0.1) is 12.2 Å². The summed E-state index contributed by atoms with van der Waals surface area (Å²) in [5.41, 5.74) is 2.14. The molecule has 0 N–H and O–H groups in total. The van der Waals surface area contributed by atoms with Crippen molar-refractivity contribution in [1.82, 2.24) is 15.0 Å². The number of hydrogen-bond acceptors (Lipinski definition) is 2. The highest BCUT2D eigenvalue weighted by molar-refractivity contribution is 9.10. The molecular formula is C10H9Br2N3. The molecule has 0 aliphatic carbocycles. The van der Waals surface area contributed by atoms with Gasteiger partial charge in [0.1, 0.15) is 0 Å². The van der Waals surface area contributed by atoms with E-state index in [4.69, 9.17) is 0 Å². The van der Waals surface area contributed by atoms with E-state index < -0.39 is 0 Å². The van der Waals surface area contributed by atoms with Crippen molar-refractivity contribution in [3.05, 3.63) is 46.2 Å². The summed E-state index contributed by atoms with van der Waals surface area (Å²) in [7, 11) is 0. The molecular weight excluding hydrogens is 322 g/mol. The Hall–Kier alpha value is -0.680. The Bertz CT molecular complexity index is 453. The molecule has 0 spiro atoms. The van der Waals surface area contributed by atoms with Crippen LogP contribution in [0.4, 0.5) is 0 Å². The second-order valence-corrected chi connectivity index (χ2v) is 4.55. The fourth-order valence-corrected chi connectivity index (χ4v) is 1.95. The molecule has 1 heterocycles. The highest BCUT2D eigenvalue weighted by atomic mass is 79.9. The fourth-order valence-electron chi connectivity index (χ4n) is 1.28. The summed E-state index contributed by atoms with van der Waals surface area (Å²) in [6, 6.07) is 8.11. The van der Waals surface area contributed by atoms with Crippen LogP contribution in [0.1, 0.15) is 11.3 Å². The van der Waals surface area contributed by atoms with Crippen molar-refractivity contribution in [2.24, 2.45) is 0 Å². The lowest BCUT2D eigenvalue weighted by Gasteiger charge is -2.02. The lowest BCUT2D eigenvalue weighted by atomic mass is 10.2. The van der Waals surface area contributed by atoms with E-state index in [2.05, 4.69) is 48.2 Å². The molecule has 15 heavy (non-hydrogen) atoms. The number of halogens is 2. The standard InChI is InChI=1S/C10H9Br2N3/c11-5-9-7-15(14-13-9)6-8-3-1-2-4-10(8)12/h1-4,7H,5-6H2. The van der Waals surface area contributed by atoms with E-state index in [1.165, 1.54) is 5.56 Å². The molecule has 1 aromatic carbocycles. The molecule has 5 heteroatoms. The molecule has 2 aromatic rings. The average molecular weight is 331 g/mol. The molecule has 0 saturated carbocycles. The molecule has 0 atom stereocenters. The van der Waals surface area contributed by atoms with Crippen LogP contribution in [0.2, 0.25) is 0 Å². The summed E-state index contributed by atoms with van der Waals surface area (Å²) >= 11 is 6.85. The van der Waals surface area contributed by atoms with E-state index >= 15 is 0 Å². The van der Waals surface area contributed by atoms with Crippen LogP contribution in [0.15, 0.2) is 34.9 Å². The van der Waals surface area contributed by atoms with Gasteiger partial charge in [0.15, 0.2) is 0 Å². The summed E-state index contributed by atoms with van der Waals surface area (Å²) < 4.78 is 2.93. The summed E-state index contributed by atoms with van der Waals surface area (Å²) in [5.74, 6) is 0. The summed E-state index contributed by atoms with van der Waals surface area (Å²) in [4.78, 5) is 0. The maximum Gasteiger partial charge on any atom is 0.0932 e. The van der Waals surface area contributed by atoms with E-state index in [1.54, 1.807) is 0 Å². The first-order valence-corrected chi connectivity index (χ1v) is 6.39. The topological polar surface area (TPSA) is 30.7 Å². The van der Waals surface area contributed by atoms with E-state index in [9.17, 15) is 0 Å². The Balaban J connectivity index is 2.18. The number of benzene rings is 1. The van der Waals surface area contributed by atoms with Gasteiger partial charge in [-0.1, -0.05) is 55.3 Å². The lowest BCUT2D eigenvalue weighted by Crippen LogP contribution is -2.00. The minimum absolute atomic E-state index is 0.738. The van der Waals surface area contributed by atoms with Crippen molar-refractivity contribution >= 4 is 31.9 Å². The SMILES string of the molecule is BrCc1cn(Cc2ccccc2Br)nn1. The van der Waals surface area contributed by atoms with Gasteiger partial charge in [-0.3, -0.25) is 0 Å². The molecule has 1 aromatic heterocycles. The first-order chi connectivity index (χ1) is 7.29. The number of alkyl halides is 1. The third kappa shape index (κ3) is 2.66. The number of rotatable bonds is 3. The molecule has 3 nitrogen and oxygen atoms in total. The van der Waals surface area contributed by atoms with Gasteiger partial charge >= 0.3 is 0 Å². The lowest BCUT2D eigenvalue weighted by molar-refractivity contribution is 0.648. The average Bonchev–Trinajstić information content (AvgIpc) is 2.69. The Labute approximate surface area is 105 Å². The fraction of sp³-hybridized carbons (Fsp3) is 0.200. The van der Waals surface area contributed by atoms with Gasteiger partial charge in [0.2, 0.25) is 0 Å². The number of hydrogen-bond donors (Lipinski definition) is 0. The first-order valence-electron chi connectivity index (χ1n) is 4.48. The molecule has 0 amide bonds. The van der Waals surface area contributed by atoms with Crippen LogP contribution in [-0.2, 0) is 11.9 Å². The Kier molecular flexibility index (Phi) is 3.53. The zero-order valence-corrected chi connectivity index (χ0v) is 11.1. The zero-order valence-electron chi connectivity index (χ0n) is 7.90. The molecule has 0 aliphatic heterocycles. The molecule has 78 valence electrons. The quantitative estimate of drug-likeness (QED) is 0.810. The van der Waals surface area contributed by atoms with Gasteiger partial charge in [-0.25, -0.2) is 4.68 Å². The molecule has 0 fully saturated rings. The van der Waals surface area contributed by atoms with Gasteiger partial charge < -0.3 is 0 Å². The van der Waals surface area contributed by atoms with E-state index in [0.717, 1.165) is 22.0 Å². The molecule has 0 radical (unpaired) electrons. The first kappa shape index (κ1) is 10.8. The van der Waals surface area contributed by atoms with Crippen LogP contribution in [0.25, 0.3) is 0 Å². The van der Waals surface area contributed by atoms with Crippen LogP contribution < -0.4 is 0 Å². The molecule has 0 bridgehead atoms. The van der Waals surface area contributed by atoms with Crippen LogP contribution >= 0.6 is 31.9 Å². The maximum atomic E-state index is 4.04. The third-order valence-corrected chi connectivity index (χ3v) is 3.36. The second kappa shape index (κ2) is 4.90. The highest BCUT2D eigenvalue weighted by Gasteiger charge is 2.02. The van der Waals surface area contributed by atoms with Crippen molar-refractivity contribution in [2.75, 3.05) is 0 Å².